The van der Waals surface area contributed by atoms with E-state index in [1.54, 1.807) is 0 Å². The third-order valence-corrected chi connectivity index (χ3v) is 11.5. The maximum Gasteiger partial charge on any atom is 0.262 e. The van der Waals surface area contributed by atoms with Crippen molar-refractivity contribution in [1.82, 2.24) is 4.57 Å². The molecule has 2 aliphatic rings. The Bertz CT molecular complexity index is 3070. The second-order valence-electron chi connectivity index (χ2n) is 14.4. The molecule has 55 heavy (non-hydrogen) atoms. The van der Waals surface area contributed by atoms with E-state index < -0.39 is 0 Å². The fourth-order valence-corrected chi connectivity index (χ4v) is 9.15. The Morgan fingerprint density at radius 2 is 0.964 bits per heavy atom. The zero-order chi connectivity index (χ0) is 36.0. The molecule has 0 aliphatic carbocycles. The average Bonchev–Trinajstić information content (AvgIpc) is 3.58. The molecule has 0 N–H and O–H groups in total. The summed E-state index contributed by atoms with van der Waals surface area (Å²) in [4.78, 5) is 2.32. The second kappa shape index (κ2) is 11.6. The van der Waals surface area contributed by atoms with Crippen LogP contribution in [-0.4, -0.2) is 11.3 Å². The van der Waals surface area contributed by atoms with E-state index in [9.17, 15) is 0 Å². The molecule has 256 valence electrons. The van der Waals surface area contributed by atoms with Crippen molar-refractivity contribution in [1.29, 1.82) is 0 Å². The lowest BCUT2D eigenvalue weighted by Gasteiger charge is -2.35. The van der Waals surface area contributed by atoms with Crippen LogP contribution >= 0.6 is 0 Å². The second-order valence-corrected chi connectivity index (χ2v) is 14.4. The third kappa shape index (κ3) is 4.41. The van der Waals surface area contributed by atoms with Gasteiger partial charge in [-0.05, 0) is 99.2 Å². The van der Waals surface area contributed by atoms with E-state index in [1.807, 2.05) is 0 Å². The van der Waals surface area contributed by atoms with Crippen molar-refractivity contribution in [2.24, 2.45) is 0 Å². The summed E-state index contributed by atoms with van der Waals surface area (Å²) < 4.78 is 16.7. The van der Waals surface area contributed by atoms with E-state index in [0.29, 0.717) is 0 Å². The first-order chi connectivity index (χ1) is 27.3. The predicted octanol–water partition coefficient (Wildman–Crippen LogP) is 11.3. The Balaban J connectivity index is 1.20. The number of ether oxygens (including phenoxy) is 2. The van der Waals surface area contributed by atoms with Crippen LogP contribution in [0.15, 0.2) is 188 Å². The molecule has 2 aliphatic heterocycles. The van der Waals surface area contributed by atoms with Crippen LogP contribution in [0.4, 0.5) is 17.1 Å². The molecule has 0 fully saturated rings. The van der Waals surface area contributed by atoms with Crippen LogP contribution < -0.4 is 30.8 Å². The number of aromatic nitrogens is 1. The first-order valence-electron chi connectivity index (χ1n) is 18.8. The number of nitrogens with zero attached hydrogens (tertiary/aromatic N) is 2. The van der Waals surface area contributed by atoms with E-state index in [0.717, 1.165) is 73.0 Å². The largest absolute Gasteiger partial charge is 0.458 e. The van der Waals surface area contributed by atoms with Gasteiger partial charge in [0.2, 0.25) is 0 Å². The van der Waals surface area contributed by atoms with E-state index in [2.05, 4.69) is 198 Å². The van der Waals surface area contributed by atoms with Gasteiger partial charge in [-0.15, -0.1) is 0 Å². The average molecular weight is 703 g/mol. The summed E-state index contributed by atoms with van der Waals surface area (Å²) in [7, 11) is 0. The molecular formula is C50H31BN2O2. The standard InChI is InChI=1S/C50H31BN2O2/c1-4-16-34(17-5-1)52(35-18-6-2-7-19-35)37-26-27-40-41-31-45-48-50(49(41)53(42(40)30-37)36-20-8-3-9-21-36)55-44-29-25-33-15-11-13-23-39(33)47(44)51(48)46-38-22-12-10-14-32(38)24-28-43(46)54-45/h1-31H. The van der Waals surface area contributed by atoms with Gasteiger partial charge in [-0.25, -0.2) is 0 Å². The minimum absolute atomic E-state index is 0.108. The van der Waals surface area contributed by atoms with E-state index in [4.69, 9.17) is 9.47 Å². The van der Waals surface area contributed by atoms with Gasteiger partial charge in [0.15, 0.2) is 5.75 Å². The summed E-state index contributed by atoms with van der Waals surface area (Å²) in [5.41, 5.74) is 9.85. The molecule has 5 heteroatoms. The summed E-state index contributed by atoms with van der Waals surface area (Å²) in [5, 5.41) is 6.97. The molecule has 0 saturated heterocycles. The molecule has 0 unspecified atom stereocenters. The van der Waals surface area contributed by atoms with E-state index >= 15 is 0 Å². The van der Waals surface area contributed by atoms with Crippen LogP contribution in [0.3, 0.4) is 0 Å². The van der Waals surface area contributed by atoms with Gasteiger partial charge in [0, 0.05) is 39.0 Å². The Hall–Kier alpha value is -7.24. The van der Waals surface area contributed by atoms with Gasteiger partial charge in [0.25, 0.3) is 6.71 Å². The summed E-state index contributed by atoms with van der Waals surface area (Å²) in [6.07, 6.45) is 0. The topological polar surface area (TPSA) is 26.6 Å². The van der Waals surface area contributed by atoms with Crippen LogP contribution in [0.25, 0.3) is 49.0 Å². The molecule has 0 atom stereocenters. The molecule has 3 heterocycles. The number of benzene rings is 9. The first kappa shape index (κ1) is 30.2. The van der Waals surface area contributed by atoms with Gasteiger partial charge in [0.05, 0.1) is 11.0 Å². The van der Waals surface area contributed by atoms with Crippen LogP contribution in [0.5, 0.6) is 23.0 Å². The number of hydrogen-bond donors (Lipinski definition) is 0. The van der Waals surface area contributed by atoms with Gasteiger partial charge >= 0.3 is 0 Å². The van der Waals surface area contributed by atoms with Gasteiger partial charge in [-0.3, -0.25) is 0 Å². The van der Waals surface area contributed by atoms with Crippen molar-refractivity contribution >= 4 is 83.5 Å². The van der Waals surface area contributed by atoms with E-state index in [1.165, 1.54) is 32.5 Å². The molecule has 4 nitrogen and oxygen atoms in total. The molecule has 0 radical (unpaired) electrons. The van der Waals surface area contributed by atoms with Crippen molar-refractivity contribution in [3.8, 4) is 28.7 Å². The van der Waals surface area contributed by atoms with Crippen molar-refractivity contribution in [3.63, 3.8) is 0 Å². The highest BCUT2D eigenvalue weighted by molar-refractivity contribution is 7.01. The number of anilines is 3. The Kier molecular flexibility index (Phi) is 6.40. The minimum Gasteiger partial charge on any atom is -0.458 e. The van der Waals surface area contributed by atoms with Crippen molar-refractivity contribution < 1.29 is 9.47 Å². The van der Waals surface area contributed by atoms with E-state index in [-0.39, 0.29) is 6.71 Å². The van der Waals surface area contributed by atoms with Crippen LogP contribution in [0.1, 0.15) is 0 Å². The predicted molar refractivity (Wildman–Crippen MR) is 228 cm³/mol. The lowest BCUT2D eigenvalue weighted by atomic mass is 9.33. The zero-order valence-electron chi connectivity index (χ0n) is 29.7. The lowest BCUT2D eigenvalue weighted by Crippen LogP contribution is -2.58. The number of para-hydroxylation sites is 3. The highest BCUT2D eigenvalue weighted by Crippen LogP contribution is 2.47. The highest BCUT2D eigenvalue weighted by Gasteiger charge is 2.44. The van der Waals surface area contributed by atoms with Crippen LogP contribution in [0.2, 0.25) is 0 Å². The highest BCUT2D eigenvalue weighted by atomic mass is 16.5. The fraction of sp³-hybridized carbons (Fsp3) is 0. The Labute approximate surface area is 318 Å². The van der Waals surface area contributed by atoms with Crippen LogP contribution in [0, 0.1) is 0 Å². The first-order valence-corrected chi connectivity index (χ1v) is 18.8. The van der Waals surface area contributed by atoms with Crippen molar-refractivity contribution in [2.75, 3.05) is 4.90 Å². The number of rotatable bonds is 4. The summed E-state index contributed by atoms with van der Waals surface area (Å²) in [6.45, 7) is -0.108. The Morgan fingerprint density at radius 3 is 1.60 bits per heavy atom. The minimum atomic E-state index is -0.108. The van der Waals surface area contributed by atoms with Crippen molar-refractivity contribution in [3.05, 3.63) is 188 Å². The normalized spacial score (nSPS) is 12.6. The summed E-state index contributed by atoms with van der Waals surface area (Å²) in [5.74, 6) is 3.43. The monoisotopic (exact) mass is 702 g/mol. The molecule has 1 aromatic heterocycles. The Morgan fingerprint density at radius 1 is 0.400 bits per heavy atom. The molecule has 0 saturated carbocycles. The molecule has 0 spiro atoms. The fourth-order valence-electron chi connectivity index (χ4n) is 9.15. The van der Waals surface area contributed by atoms with Gasteiger partial charge in [-0.1, -0.05) is 121 Å². The molecule has 0 bridgehead atoms. The maximum atomic E-state index is 7.27. The SMILES string of the molecule is c1ccc(N(c2ccccc2)c2ccc3c4cc5c6c(c4n(-c4ccccc4)c3c2)Oc2ccc3ccccc3c2B6c2c(ccc3ccccc23)O5)cc1. The lowest BCUT2D eigenvalue weighted by molar-refractivity contribution is 0.468. The molecular weight excluding hydrogens is 671 g/mol. The van der Waals surface area contributed by atoms with Gasteiger partial charge in [0.1, 0.15) is 17.2 Å². The van der Waals surface area contributed by atoms with Crippen molar-refractivity contribution in [2.45, 2.75) is 0 Å². The number of fused-ring (bicyclic) bond motifs is 12. The third-order valence-electron chi connectivity index (χ3n) is 11.5. The summed E-state index contributed by atoms with van der Waals surface area (Å²) in [6, 6.07) is 66.9. The maximum absolute atomic E-state index is 7.27. The summed E-state index contributed by atoms with van der Waals surface area (Å²) >= 11 is 0. The van der Waals surface area contributed by atoms with Gasteiger partial charge < -0.3 is 18.9 Å². The van der Waals surface area contributed by atoms with Gasteiger partial charge in [-0.2, -0.15) is 0 Å². The zero-order valence-corrected chi connectivity index (χ0v) is 29.7. The molecule has 10 aromatic rings. The molecule has 12 rings (SSSR count). The molecule has 0 amide bonds. The molecule has 9 aromatic carbocycles. The van der Waals surface area contributed by atoms with Crippen LogP contribution in [-0.2, 0) is 0 Å². The smallest absolute Gasteiger partial charge is 0.262 e. The number of hydrogen-bond acceptors (Lipinski definition) is 3. The quantitative estimate of drug-likeness (QED) is 0.171.